The number of carboxylic acids is 1. The van der Waals surface area contributed by atoms with Crippen molar-refractivity contribution in [3.8, 4) is 11.3 Å². The number of benzene rings is 2. The number of rotatable bonds is 5. The fraction of sp³-hybridized carbons (Fsp3) is 0.318. The van der Waals surface area contributed by atoms with E-state index in [0.29, 0.717) is 25.7 Å². The van der Waals surface area contributed by atoms with Gasteiger partial charge in [-0.1, -0.05) is 30.3 Å². The fourth-order valence-electron chi connectivity index (χ4n) is 4.13. The molecule has 0 amide bonds. The van der Waals surface area contributed by atoms with Gasteiger partial charge in [-0.25, -0.2) is 13.1 Å². The molecule has 1 aromatic heterocycles. The monoisotopic (exact) mass is 412 g/mol. The Bertz CT molecular complexity index is 1140. The van der Waals surface area contributed by atoms with Gasteiger partial charge in [0, 0.05) is 29.7 Å². The van der Waals surface area contributed by atoms with E-state index >= 15 is 0 Å². The Labute approximate surface area is 170 Å². The van der Waals surface area contributed by atoms with Gasteiger partial charge in [-0.15, -0.1) is 0 Å². The van der Waals surface area contributed by atoms with Crippen LogP contribution < -0.4 is 4.72 Å². The van der Waals surface area contributed by atoms with Crippen molar-refractivity contribution in [2.45, 2.75) is 36.6 Å². The minimum atomic E-state index is -3.66. The van der Waals surface area contributed by atoms with Gasteiger partial charge >= 0.3 is 5.97 Å². The summed E-state index contributed by atoms with van der Waals surface area (Å²) in [4.78, 5) is 11.3. The molecular formula is C22H24N2O4S. The molecule has 0 saturated heterocycles. The minimum absolute atomic E-state index is 0.220. The van der Waals surface area contributed by atoms with E-state index in [2.05, 4.69) is 9.29 Å². The molecule has 0 atom stereocenters. The zero-order valence-electron chi connectivity index (χ0n) is 16.2. The first-order valence-corrected chi connectivity index (χ1v) is 11.2. The molecule has 1 heterocycles. The average Bonchev–Trinajstić information content (AvgIpc) is 3.05. The van der Waals surface area contributed by atoms with Crippen LogP contribution in [0.4, 0.5) is 0 Å². The van der Waals surface area contributed by atoms with Crippen molar-refractivity contribution in [1.29, 1.82) is 0 Å². The van der Waals surface area contributed by atoms with Gasteiger partial charge in [0.05, 0.1) is 10.8 Å². The van der Waals surface area contributed by atoms with E-state index in [0.717, 1.165) is 22.2 Å². The average molecular weight is 413 g/mol. The van der Waals surface area contributed by atoms with Gasteiger partial charge in [0.1, 0.15) is 0 Å². The van der Waals surface area contributed by atoms with E-state index in [1.165, 1.54) is 0 Å². The first-order chi connectivity index (χ1) is 13.8. The van der Waals surface area contributed by atoms with Crippen LogP contribution in [0.15, 0.2) is 59.5 Å². The number of sulfonamides is 1. The van der Waals surface area contributed by atoms with E-state index in [9.17, 15) is 13.2 Å². The topological polar surface area (TPSA) is 88.4 Å². The highest BCUT2D eigenvalue weighted by molar-refractivity contribution is 7.89. The molecule has 7 heteroatoms. The second kappa shape index (κ2) is 7.65. The number of hydrogen-bond donors (Lipinski definition) is 2. The highest BCUT2D eigenvalue weighted by Gasteiger charge is 2.29. The van der Waals surface area contributed by atoms with E-state index in [1.807, 2.05) is 49.5 Å². The third-order valence-corrected chi connectivity index (χ3v) is 7.31. The molecule has 0 spiro atoms. The predicted octanol–water partition coefficient (Wildman–Crippen LogP) is 3.77. The minimum Gasteiger partial charge on any atom is -0.481 e. The molecule has 0 unspecified atom stereocenters. The Morgan fingerprint density at radius 3 is 2.38 bits per heavy atom. The molecule has 0 bridgehead atoms. The Morgan fingerprint density at radius 2 is 1.72 bits per heavy atom. The van der Waals surface area contributed by atoms with Crippen molar-refractivity contribution in [1.82, 2.24) is 9.29 Å². The standard InChI is InChI=1S/C22H24N2O4S/c1-24-20-12-11-19(13-17(20)14-21(24)15-5-3-2-4-6-15)29(27,28)23-18-9-7-16(8-10-18)22(25)26/h2-6,11-14,16,18,23H,7-10H2,1H3,(H,25,26). The molecule has 3 aromatic rings. The van der Waals surface area contributed by atoms with Crippen molar-refractivity contribution in [3.63, 3.8) is 0 Å². The maximum atomic E-state index is 12.9. The fourth-order valence-corrected chi connectivity index (χ4v) is 5.47. The summed E-state index contributed by atoms with van der Waals surface area (Å²) < 4.78 is 30.6. The summed E-state index contributed by atoms with van der Waals surface area (Å²) in [6.07, 6.45) is 2.09. The zero-order chi connectivity index (χ0) is 20.6. The van der Waals surface area contributed by atoms with Gasteiger partial charge in [0.25, 0.3) is 0 Å². The molecule has 152 valence electrons. The summed E-state index contributed by atoms with van der Waals surface area (Å²) in [5, 5.41) is 9.97. The summed E-state index contributed by atoms with van der Waals surface area (Å²) in [5.41, 5.74) is 3.06. The number of hydrogen-bond acceptors (Lipinski definition) is 3. The molecule has 1 fully saturated rings. The van der Waals surface area contributed by atoms with E-state index in [-0.39, 0.29) is 16.9 Å². The quantitative estimate of drug-likeness (QED) is 0.668. The predicted molar refractivity (Wildman–Crippen MR) is 112 cm³/mol. The van der Waals surface area contributed by atoms with E-state index < -0.39 is 16.0 Å². The summed E-state index contributed by atoms with van der Waals surface area (Å²) in [6, 6.07) is 16.9. The lowest BCUT2D eigenvalue weighted by molar-refractivity contribution is -0.142. The molecule has 0 radical (unpaired) electrons. The maximum absolute atomic E-state index is 12.9. The van der Waals surface area contributed by atoms with Crippen LogP contribution >= 0.6 is 0 Å². The number of aromatic nitrogens is 1. The Morgan fingerprint density at radius 1 is 1.03 bits per heavy atom. The lowest BCUT2D eigenvalue weighted by Crippen LogP contribution is -2.38. The Balaban J connectivity index is 1.58. The molecule has 1 aliphatic carbocycles. The van der Waals surface area contributed by atoms with Gasteiger partial charge in [0.2, 0.25) is 10.0 Å². The molecule has 2 N–H and O–H groups in total. The first-order valence-electron chi connectivity index (χ1n) is 9.75. The van der Waals surface area contributed by atoms with Gasteiger partial charge in [-0.05, 0) is 55.5 Å². The highest BCUT2D eigenvalue weighted by atomic mass is 32.2. The summed E-state index contributed by atoms with van der Waals surface area (Å²) >= 11 is 0. The SMILES string of the molecule is Cn1c(-c2ccccc2)cc2cc(S(=O)(=O)NC3CCC(C(=O)O)CC3)ccc21. The van der Waals surface area contributed by atoms with Crippen molar-refractivity contribution >= 4 is 26.9 Å². The van der Waals surface area contributed by atoms with Crippen LogP contribution in [-0.2, 0) is 21.9 Å². The first kappa shape index (κ1) is 19.7. The van der Waals surface area contributed by atoms with Crippen molar-refractivity contribution in [2.24, 2.45) is 13.0 Å². The third kappa shape index (κ3) is 3.93. The van der Waals surface area contributed by atoms with Crippen molar-refractivity contribution in [2.75, 3.05) is 0 Å². The highest BCUT2D eigenvalue weighted by Crippen LogP contribution is 2.30. The number of nitrogens with one attached hydrogen (secondary N) is 1. The molecule has 1 aliphatic rings. The molecule has 4 rings (SSSR count). The molecule has 6 nitrogen and oxygen atoms in total. The van der Waals surface area contributed by atoms with Crippen molar-refractivity contribution < 1.29 is 18.3 Å². The molecule has 1 saturated carbocycles. The van der Waals surface area contributed by atoms with Crippen molar-refractivity contribution in [3.05, 3.63) is 54.6 Å². The second-order valence-electron chi connectivity index (χ2n) is 7.68. The van der Waals surface area contributed by atoms with Crippen LogP contribution in [-0.4, -0.2) is 30.1 Å². The van der Waals surface area contributed by atoms with Gasteiger partial charge < -0.3 is 9.67 Å². The van der Waals surface area contributed by atoms with Crippen LogP contribution in [0.25, 0.3) is 22.2 Å². The lowest BCUT2D eigenvalue weighted by Gasteiger charge is -2.26. The Hall–Kier alpha value is -2.64. The molecule has 2 aromatic carbocycles. The van der Waals surface area contributed by atoms with Gasteiger partial charge in [-0.2, -0.15) is 0 Å². The molecular weight excluding hydrogens is 388 g/mol. The largest absolute Gasteiger partial charge is 0.481 e. The number of carbonyl (C=O) groups is 1. The summed E-state index contributed by atoms with van der Waals surface area (Å²) in [7, 11) is -1.69. The number of aryl methyl sites for hydroxylation is 1. The zero-order valence-corrected chi connectivity index (χ0v) is 17.0. The van der Waals surface area contributed by atoms with Crippen LogP contribution in [0.2, 0.25) is 0 Å². The van der Waals surface area contributed by atoms with E-state index in [4.69, 9.17) is 5.11 Å². The number of carboxylic acid groups (broad SMARTS) is 1. The smallest absolute Gasteiger partial charge is 0.306 e. The van der Waals surface area contributed by atoms with Gasteiger partial charge in [-0.3, -0.25) is 4.79 Å². The summed E-state index contributed by atoms with van der Waals surface area (Å²) in [5.74, 6) is -1.16. The Kier molecular flexibility index (Phi) is 5.19. The van der Waals surface area contributed by atoms with E-state index in [1.54, 1.807) is 12.1 Å². The van der Waals surface area contributed by atoms with Crippen LogP contribution in [0.5, 0.6) is 0 Å². The number of aliphatic carboxylic acids is 1. The second-order valence-corrected chi connectivity index (χ2v) is 9.40. The lowest BCUT2D eigenvalue weighted by atomic mass is 9.87. The van der Waals surface area contributed by atoms with Gasteiger partial charge in [0.15, 0.2) is 0 Å². The van der Waals surface area contributed by atoms with Crippen LogP contribution in [0.1, 0.15) is 25.7 Å². The third-order valence-electron chi connectivity index (χ3n) is 5.79. The molecule has 29 heavy (non-hydrogen) atoms. The van der Waals surface area contributed by atoms with Crippen LogP contribution in [0.3, 0.4) is 0 Å². The number of nitrogens with zero attached hydrogens (tertiary/aromatic N) is 1. The maximum Gasteiger partial charge on any atom is 0.306 e. The van der Waals surface area contributed by atoms with Crippen LogP contribution in [0, 0.1) is 5.92 Å². The number of fused-ring (bicyclic) bond motifs is 1. The molecule has 0 aliphatic heterocycles. The summed E-state index contributed by atoms with van der Waals surface area (Å²) in [6.45, 7) is 0. The normalized spacial score (nSPS) is 20.0.